The molecular weight excluding hydrogens is 1960 g/mol. The number of thiazole rings is 2. The third kappa shape index (κ3) is 21.2. The lowest BCUT2D eigenvalue weighted by molar-refractivity contribution is -0.144. The number of thiophene rings is 2. The second-order valence-electron chi connectivity index (χ2n) is 43.6. The topological polar surface area (TPSA) is 363 Å². The number of fused-ring (bicyclic) bond motifs is 10. The molecule has 6 N–H and O–H groups in total. The van der Waals surface area contributed by atoms with E-state index in [0.29, 0.717) is 46.9 Å². The van der Waals surface area contributed by atoms with Gasteiger partial charge in [-0.05, 0) is 176 Å². The number of aliphatic hydroxyl groups is 2. The first-order chi connectivity index (χ1) is 69.6. The third-order valence-electron chi connectivity index (χ3n) is 31.6. The molecule has 0 radical (unpaired) electrons. The highest BCUT2D eigenvalue weighted by Crippen LogP contribution is 2.46. The summed E-state index contributed by atoms with van der Waals surface area (Å²) in [5.41, 5.74) is 16.1. The number of aliphatic imine (C=N–C) groups is 2. The van der Waals surface area contributed by atoms with Gasteiger partial charge in [0.25, 0.3) is 0 Å². The van der Waals surface area contributed by atoms with Crippen LogP contribution in [0.3, 0.4) is 0 Å². The Morgan fingerprint density at radius 1 is 0.432 bits per heavy atom. The van der Waals surface area contributed by atoms with Crippen LogP contribution in [-0.2, 0) is 38.4 Å². The van der Waals surface area contributed by atoms with Crippen molar-refractivity contribution in [3.05, 3.63) is 207 Å². The summed E-state index contributed by atoms with van der Waals surface area (Å²) in [5.74, 6) is 1.08. The number of carbonyl (C=O) groups is 8. The normalized spacial score (nSPS) is 23.2. The predicted molar refractivity (Wildman–Crippen MR) is 569 cm³/mol. The number of carbonyl (C=O) groups excluding carboxylic acids is 8. The zero-order chi connectivity index (χ0) is 103. The lowest BCUT2D eigenvalue weighted by atomic mass is 9.85. The molecule has 8 saturated heterocycles. The van der Waals surface area contributed by atoms with Crippen LogP contribution in [0.1, 0.15) is 233 Å². The lowest BCUT2D eigenvalue weighted by Crippen LogP contribution is -2.59. The van der Waals surface area contributed by atoms with Gasteiger partial charge in [0.15, 0.2) is 11.6 Å². The van der Waals surface area contributed by atoms with Gasteiger partial charge >= 0.3 is 0 Å². The monoisotopic (exact) mass is 2090 g/mol. The number of hydrogen-bond acceptors (Lipinski definition) is 26. The van der Waals surface area contributed by atoms with E-state index in [2.05, 4.69) is 118 Å². The van der Waals surface area contributed by atoms with E-state index >= 15 is 0 Å². The number of nitrogens with zero attached hydrogens (tertiary/aromatic N) is 18. The minimum atomic E-state index is -0.909. The Labute approximate surface area is 878 Å². The molecule has 8 fully saturated rings. The largest absolute Gasteiger partial charge is 0.391 e. The summed E-state index contributed by atoms with van der Waals surface area (Å²) < 4.78 is 4.18. The van der Waals surface area contributed by atoms with Crippen molar-refractivity contribution < 1.29 is 48.6 Å². The van der Waals surface area contributed by atoms with Gasteiger partial charge in [0, 0.05) is 157 Å². The van der Waals surface area contributed by atoms with E-state index in [9.17, 15) is 48.6 Å². The standard InChI is InChI=1S/2C54H66ClN11O5S2/c2*1-29-32(4)73-53-46(29)47(35-13-15-37(55)16-14-35)58-42(50-61-60-33(5)66(50)53)23-45(69)64-25-39-21-40(64)24-63(39)38-17-19-62(20-18-38)27-44(68)59-49(54(6,7)8)52(71)65-26-41(67)22-43(65)51(70)57-30(2)34-9-11-36(12-10-34)48-31(3)56-28-72-48/h2*9-16,28,30,38-43,49,67H,17-27H2,1-8H3,(H,57,70)(H,59,68)/t30-,39+,40+,41+,42-,43-,49+;30-,39-,40-,41+,42-,43-,49+/m00/s1. The summed E-state index contributed by atoms with van der Waals surface area (Å²) in [5, 5.41) is 55.4. The second-order valence-corrected chi connectivity index (χ2v) is 48.6. The molecule has 10 aromatic rings. The quantitative estimate of drug-likeness (QED) is 0.0327. The first kappa shape index (κ1) is 104. The molecule has 32 nitrogen and oxygen atoms in total. The molecule has 16 heterocycles. The number of hydrogen-bond donors (Lipinski definition) is 6. The number of nitrogens with one attached hydrogen (secondary N) is 4. The second kappa shape index (κ2) is 42.4. The minimum absolute atomic E-state index is 0.00909. The fraction of sp³-hybridized carbons (Fsp3) is 0.519. The molecule has 38 heteroatoms. The number of β-amino-alcohol motifs (C(OH)–C–C–N with tert-alkyl or cyclic N) is 2. The van der Waals surface area contributed by atoms with E-state index in [1.165, 1.54) is 19.6 Å². The number of amides is 8. The highest BCUT2D eigenvalue weighted by Gasteiger charge is 2.53. The first-order valence-corrected chi connectivity index (χ1v) is 55.3. The lowest BCUT2D eigenvalue weighted by Gasteiger charge is -2.42. The van der Waals surface area contributed by atoms with Crippen LogP contribution in [0, 0.1) is 66.2 Å². The number of aryl methyl sites for hydroxylation is 6. The number of piperazine rings is 2. The van der Waals surface area contributed by atoms with Gasteiger partial charge in [-0.2, -0.15) is 0 Å². The summed E-state index contributed by atoms with van der Waals surface area (Å²) in [6.45, 7) is 37.8. The molecule has 146 heavy (non-hydrogen) atoms. The Balaban J connectivity index is 0.000000184. The van der Waals surface area contributed by atoms with Crippen molar-refractivity contribution >= 4 is 127 Å². The fourth-order valence-electron chi connectivity index (χ4n) is 23.4. The summed E-state index contributed by atoms with van der Waals surface area (Å²) in [6.07, 6.45) is 4.32. The number of rotatable bonds is 24. The molecule has 20 rings (SSSR count). The number of benzene rings is 4. The van der Waals surface area contributed by atoms with Crippen molar-refractivity contribution in [2.75, 3.05) is 78.5 Å². The maximum absolute atomic E-state index is 14.4. The predicted octanol–water partition coefficient (Wildman–Crippen LogP) is 13.5. The van der Waals surface area contributed by atoms with Gasteiger partial charge in [-0.25, -0.2) is 9.97 Å². The maximum Gasteiger partial charge on any atom is 0.246 e. The van der Waals surface area contributed by atoms with Crippen molar-refractivity contribution in [3.63, 3.8) is 0 Å². The van der Waals surface area contributed by atoms with E-state index in [1.54, 1.807) is 45.3 Å². The highest BCUT2D eigenvalue weighted by atomic mass is 35.5. The minimum Gasteiger partial charge on any atom is -0.391 e. The molecule has 0 spiro atoms. The Hall–Kier alpha value is -10.7. The van der Waals surface area contributed by atoms with Crippen molar-refractivity contribution in [3.8, 4) is 30.9 Å². The number of halogens is 2. The molecule has 0 unspecified atom stereocenters. The van der Waals surface area contributed by atoms with Gasteiger partial charge < -0.3 is 51.1 Å². The van der Waals surface area contributed by atoms with Crippen LogP contribution in [0.15, 0.2) is 118 Å². The van der Waals surface area contributed by atoms with Gasteiger partial charge in [-0.15, -0.1) is 65.7 Å². The van der Waals surface area contributed by atoms with Gasteiger partial charge in [-0.1, -0.05) is 138 Å². The first-order valence-electron chi connectivity index (χ1n) is 51.1. The summed E-state index contributed by atoms with van der Waals surface area (Å²) in [4.78, 5) is 153. The summed E-state index contributed by atoms with van der Waals surface area (Å²) >= 11 is 19.2. The van der Waals surface area contributed by atoms with Gasteiger partial charge in [0.2, 0.25) is 47.3 Å². The van der Waals surface area contributed by atoms with Gasteiger partial charge in [0.05, 0.1) is 93.8 Å². The molecule has 6 aromatic heterocycles. The van der Waals surface area contributed by atoms with Crippen LogP contribution in [0.2, 0.25) is 10.0 Å². The number of aliphatic hydroxyl groups excluding tert-OH is 2. The zero-order valence-electron chi connectivity index (χ0n) is 85.8. The molecule has 10 aliphatic heterocycles. The van der Waals surface area contributed by atoms with Crippen LogP contribution in [0.25, 0.3) is 30.9 Å². The van der Waals surface area contributed by atoms with Crippen LogP contribution >= 0.6 is 68.5 Å². The highest BCUT2D eigenvalue weighted by molar-refractivity contribution is 7.15. The average molecular weight is 2100 g/mol. The Kier molecular flexibility index (Phi) is 30.1. The molecule has 4 bridgehead atoms. The number of likely N-dealkylation sites (tertiary alicyclic amines) is 8. The molecule has 14 atom stereocenters. The van der Waals surface area contributed by atoms with Crippen molar-refractivity contribution in [1.29, 1.82) is 0 Å². The van der Waals surface area contributed by atoms with Gasteiger partial charge in [-0.3, -0.25) is 77.1 Å². The number of aromatic nitrogens is 8. The van der Waals surface area contributed by atoms with Crippen LogP contribution in [-0.4, -0.2) is 299 Å². The third-order valence-corrected chi connectivity index (χ3v) is 36.4. The smallest absolute Gasteiger partial charge is 0.246 e. The summed E-state index contributed by atoms with van der Waals surface area (Å²) in [6, 6.07) is 27.6. The molecule has 10 aliphatic rings. The van der Waals surface area contributed by atoms with Crippen LogP contribution in [0.5, 0.6) is 0 Å². The van der Waals surface area contributed by atoms with E-state index in [4.69, 9.17) is 33.2 Å². The molecule has 0 aliphatic carbocycles. The summed E-state index contributed by atoms with van der Waals surface area (Å²) in [7, 11) is 0. The molecule has 772 valence electrons. The van der Waals surface area contributed by atoms with Crippen LogP contribution < -0.4 is 21.3 Å². The van der Waals surface area contributed by atoms with E-state index in [-0.39, 0.29) is 135 Å². The van der Waals surface area contributed by atoms with E-state index in [1.807, 2.05) is 191 Å². The average Bonchev–Trinajstić information content (AvgIpc) is 1.58. The molecule has 4 aromatic carbocycles. The van der Waals surface area contributed by atoms with Crippen molar-refractivity contribution in [1.82, 2.24) is 100.0 Å². The fourth-order valence-corrected chi connectivity index (χ4v) is 27.7. The number of piperidine rings is 2. The molecular formula is C108H132Cl2N22O10S4. The Morgan fingerprint density at radius 2 is 0.788 bits per heavy atom. The maximum atomic E-state index is 14.4. The zero-order valence-corrected chi connectivity index (χ0v) is 90.6. The van der Waals surface area contributed by atoms with Crippen molar-refractivity contribution in [2.45, 2.75) is 272 Å². The molecule has 8 amide bonds. The van der Waals surface area contributed by atoms with E-state index in [0.717, 1.165) is 188 Å². The Bertz CT molecular complexity index is 6270. The molecule has 0 saturated carbocycles. The Morgan fingerprint density at radius 3 is 1.12 bits per heavy atom. The van der Waals surface area contributed by atoms with Gasteiger partial charge in [0.1, 0.15) is 57.9 Å². The van der Waals surface area contributed by atoms with E-state index < -0.39 is 59.3 Å². The van der Waals surface area contributed by atoms with Crippen LogP contribution in [0.4, 0.5) is 0 Å². The van der Waals surface area contributed by atoms with Crippen molar-refractivity contribution in [2.24, 2.45) is 20.8 Å². The SMILES string of the molecule is Cc1ncsc1-c1ccc([C@H](C)NC(=O)[C@@H]2C[C@@H](O)CN2C(=O)[C@@H](NC(=O)CN2CCC(N3C[C@@H]4C[C@H]3CN4C(=O)C[C@@H]3N=C(c4ccc(Cl)cc4)c4c(sc(C)c4C)-n4c(C)nnc43)CC2)C(C)(C)C)cc1.Cc1ncsc1-c1ccc([C@H](C)NC(=O)[C@@H]2C[C@@H](O)CN2C(=O)[C@@H](NC(=O)CN2CCC(N3C[C@H]4C[C@@H]3CN4C(=O)C[C@@H]3N=C(c4ccc(Cl)cc4)c4c(sc(C)c4C)-n4c(C)nnc43)CC2)C(C)(C)C)cc1.